The van der Waals surface area contributed by atoms with E-state index in [1.807, 2.05) is 39.8 Å². The van der Waals surface area contributed by atoms with Gasteiger partial charge < -0.3 is 0 Å². The first-order chi connectivity index (χ1) is 5.74. The van der Waals surface area contributed by atoms with Crippen molar-refractivity contribution in [3.8, 4) is 6.07 Å². The molecule has 0 saturated heterocycles. The van der Waals surface area contributed by atoms with Gasteiger partial charge in [0.2, 0.25) is 0 Å². The van der Waals surface area contributed by atoms with Gasteiger partial charge in [0.25, 0.3) is 0 Å². The average molecular weight is 165 g/mol. The van der Waals surface area contributed by atoms with Crippen molar-refractivity contribution in [3.05, 3.63) is 17.5 Å². The normalized spacial score (nSPS) is 8.25. The van der Waals surface area contributed by atoms with Crippen LogP contribution in [0.2, 0.25) is 0 Å². The van der Waals surface area contributed by atoms with Crippen molar-refractivity contribution in [3.63, 3.8) is 0 Å². The van der Waals surface area contributed by atoms with E-state index < -0.39 is 0 Å². The average Bonchev–Trinajstić information content (AvgIpc) is 2.35. The fourth-order valence-corrected chi connectivity index (χ4v) is 0.902. The van der Waals surface area contributed by atoms with Gasteiger partial charge in [0, 0.05) is 5.69 Å². The van der Waals surface area contributed by atoms with Crippen LogP contribution in [0.4, 0.5) is 0 Å². The summed E-state index contributed by atoms with van der Waals surface area (Å²) < 4.78 is 1.69. The molecule has 0 aromatic carbocycles. The van der Waals surface area contributed by atoms with E-state index in [2.05, 4.69) is 5.10 Å². The minimum Gasteiger partial charge on any atom is -0.255 e. The SMILES string of the molecule is CC.Cc1cc(C)n(CC#N)n1. The molecule has 0 spiro atoms. The third-order valence-corrected chi connectivity index (χ3v) is 1.32. The number of nitriles is 1. The van der Waals surface area contributed by atoms with Crippen molar-refractivity contribution < 1.29 is 0 Å². The molecule has 0 N–H and O–H groups in total. The van der Waals surface area contributed by atoms with Crippen molar-refractivity contribution in [2.24, 2.45) is 0 Å². The van der Waals surface area contributed by atoms with Crippen LogP contribution in [-0.2, 0) is 6.54 Å². The van der Waals surface area contributed by atoms with Crippen molar-refractivity contribution in [2.75, 3.05) is 0 Å². The smallest absolute Gasteiger partial charge is 0.128 e. The Hall–Kier alpha value is -1.30. The fraction of sp³-hybridized carbons (Fsp3) is 0.556. The minimum atomic E-state index is 0.347. The summed E-state index contributed by atoms with van der Waals surface area (Å²) in [5.74, 6) is 0. The van der Waals surface area contributed by atoms with Gasteiger partial charge in [-0.3, -0.25) is 4.68 Å². The number of aryl methyl sites for hydroxylation is 2. The molecule has 0 aliphatic carbocycles. The zero-order valence-electron chi connectivity index (χ0n) is 8.13. The molecule has 0 atom stereocenters. The second-order valence-corrected chi connectivity index (χ2v) is 2.24. The molecule has 0 unspecified atom stereocenters. The highest BCUT2D eigenvalue weighted by atomic mass is 15.3. The van der Waals surface area contributed by atoms with Gasteiger partial charge in [0.1, 0.15) is 6.54 Å². The first-order valence-electron chi connectivity index (χ1n) is 4.12. The molecule has 0 bridgehead atoms. The Morgan fingerprint density at radius 3 is 2.42 bits per heavy atom. The molecule has 1 heterocycles. The molecule has 1 aromatic heterocycles. The van der Waals surface area contributed by atoms with E-state index in [1.165, 1.54) is 0 Å². The second kappa shape index (κ2) is 5.36. The van der Waals surface area contributed by atoms with Gasteiger partial charge in [-0.1, -0.05) is 13.8 Å². The first-order valence-corrected chi connectivity index (χ1v) is 4.12. The summed E-state index contributed by atoms with van der Waals surface area (Å²) in [7, 11) is 0. The van der Waals surface area contributed by atoms with Crippen molar-refractivity contribution in [1.29, 1.82) is 5.26 Å². The third kappa shape index (κ3) is 2.75. The minimum absolute atomic E-state index is 0.347. The predicted molar refractivity (Wildman–Crippen MR) is 48.7 cm³/mol. The summed E-state index contributed by atoms with van der Waals surface area (Å²) in [4.78, 5) is 0. The highest BCUT2D eigenvalue weighted by molar-refractivity contribution is 5.07. The van der Waals surface area contributed by atoms with E-state index in [4.69, 9.17) is 5.26 Å². The molecule has 3 heteroatoms. The van der Waals surface area contributed by atoms with Gasteiger partial charge in [-0.25, -0.2) is 0 Å². The third-order valence-electron chi connectivity index (χ3n) is 1.32. The maximum absolute atomic E-state index is 8.34. The molecule has 12 heavy (non-hydrogen) atoms. The highest BCUT2D eigenvalue weighted by Gasteiger charge is 1.97. The van der Waals surface area contributed by atoms with Crippen molar-refractivity contribution >= 4 is 0 Å². The second-order valence-electron chi connectivity index (χ2n) is 2.24. The molecule has 0 saturated carbocycles. The topological polar surface area (TPSA) is 41.6 Å². The van der Waals surface area contributed by atoms with E-state index in [1.54, 1.807) is 4.68 Å². The fourth-order valence-electron chi connectivity index (χ4n) is 0.902. The lowest BCUT2D eigenvalue weighted by atomic mass is 10.4. The van der Waals surface area contributed by atoms with Gasteiger partial charge in [-0.2, -0.15) is 10.4 Å². The summed E-state index contributed by atoms with van der Waals surface area (Å²) >= 11 is 0. The summed E-state index contributed by atoms with van der Waals surface area (Å²) in [5.41, 5.74) is 2.01. The molecule has 0 aliphatic rings. The van der Waals surface area contributed by atoms with Crippen LogP contribution in [0.15, 0.2) is 6.07 Å². The quantitative estimate of drug-likeness (QED) is 0.639. The molecule has 1 rings (SSSR count). The van der Waals surface area contributed by atoms with Crippen molar-refractivity contribution in [1.82, 2.24) is 9.78 Å². The summed E-state index contributed by atoms with van der Waals surface area (Å²) in [5, 5.41) is 12.4. The molecular weight excluding hydrogens is 150 g/mol. The zero-order valence-corrected chi connectivity index (χ0v) is 8.13. The number of rotatable bonds is 1. The molecule has 3 nitrogen and oxygen atoms in total. The summed E-state index contributed by atoms with van der Waals surface area (Å²) in [6, 6.07) is 3.99. The van der Waals surface area contributed by atoms with Gasteiger partial charge >= 0.3 is 0 Å². The monoisotopic (exact) mass is 165 g/mol. The van der Waals surface area contributed by atoms with Crippen LogP contribution in [0, 0.1) is 25.2 Å². The number of aromatic nitrogens is 2. The molecule has 66 valence electrons. The van der Waals surface area contributed by atoms with Gasteiger partial charge in [0.15, 0.2) is 0 Å². The van der Waals surface area contributed by atoms with E-state index in [0.29, 0.717) is 6.54 Å². The van der Waals surface area contributed by atoms with E-state index in [9.17, 15) is 0 Å². The largest absolute Gasteiger partial charge is 0.255 e. The lowest BCUT2D eigenvalue weighted by Crippen LogP contribution is -1.99. The Morgan fingerprint density at radius 1 is 1.50 bits per heavy atom. The lowest BCUT2D eigenvalue weighted by Gasteiger charge is -1.93. The maximum atomic E-state index is 8.34. The summed E-state index contributed by atoms with van der Waals surface area (Å²) in [6.45, 7) is 8.21. The van der Waals surface area contributed by atoms with E-state index in [-0.39, 0.29) is 0 Å². The first kappa shape index (κ1) is 10.7. The van der Waals surface area contributed by atoms with Crippen LogP contribution < -0.4 is 0 Å². The number of hydrogen-bond acceptors (Lipinski definition) is 2. The molecule has 0 radical (unpaired) electrons. The Balaban J connectivity index is 0.000000561. The predicted octanol–water partition coefficient (Wildman–Crippen LogP) is 2.05. The number of hydrogen-bond donors (Lipinski definition) is 0. The van der Waals surface area contributed by atoms with Crippen LogP contribution >= 0.6 is 0 Å². The maximum Gasteiger partial charge on any atom is 0.128 e. The zero-order chi connectivity index (χ0) is 9.56. The Kier molecular flexibility index (Phi) is 4.78. The number of nitrogens with zero attached hydrogens (tertiary/aromatic N) is 3. The van der Waals surface area contributed by atoms with Gasteiger partial charge in [-0.05, 0) is 19.9 Å². The highest BCUT2D eigenvalue weighted by Crippen LogP contribution is 1.99. The van der Waals surface area contributed by atoms with Crippen LogP contribution in [0.25, 0.3) is 0 Å². The van der Waals surface area contributed by atoms with Crippen LogP contribution in [-0.4, -0.2) is 9.78 Å². The Morgan fingerprint density at radius 2 is 2.08 bits per heavy atom. The molecule has 0 aliphatic heterocycles. The Bertz CT molecular complexity index is 268. The molecule has 1 aromatic rings. The van der Waals surface area contributed by atoms with Gasteiger partial charge in [-0.15, -0.1) is 0 Å². The van der Waals surface area contributed by atoms with Crippen LogP contribution in [0.5, 0.6) is 0 Å². The van der Waals surface area contributed by atoms with E-state index in [0.717, 1.165) is 11.4 Å². The molecule has 0 fully saturated rings. The van der Waals surface area contributed by atoms with Crippen molar-refractivity contribution in [2.45, 2.75) is 34.2 Å². The Labute approximate surface area is 73.6 Å². The van der Waals surface area contributed by atoms with E-state index >= 15 is 0 Å². The molecular formula is C9H15N3. The molecule has 0 amide bonds. The van der Waals surface area contributed by atoms with Gasteiger partial charge in [0.05, 0.1) is 11.8 Å². The standard InChI is InChI=1S/C7H9N3.C2H6/c1-6-5-7(2)10(9-6)4-3-8;1-2/h5H,4H2,1-2H3;1-2H3. The lowest BCUT2D eigenvalue weighted by molar-refractivity contribution is 0.679. The van der Waals surface area contributed by atoms with Crippen LogP contribution in [0.3, 0.4) is 0 Å². The summed E-state index contributed by atoms with van der Waals surface area (Å²) in [6.07, 6.45) is 0. The van der Waals surface area contributed by atoms with Crippen LogP contribution in [0.1, 0.15) is 25.2 Å².